The van der Waals surface area contributed by atoms with Crippen molar-refractivity contribution in [3.63, 3.8) is 0 Å². The van der Waals surface area contributed by atoms with E-state index in [1.54, 1.807) is 18.8 Å². The lowest BCUT2D eigenvalue weighted by Gasteiger charge is -2.14. The van der Waals surface area contributed by atoms with Gasteiger partial charge in [0.1, 0.15) is 17.9 Å². The molecule has 0 fully saturated rings. The fraction of sp³-hybridized carbons (Fsp3) is 0.400. The number of aromatic nitrogens is 3. The van der Waals surface area contributed by atoms with Gasteiger partial charge in [-0.15, -0.1) is 0 Å². The number of rotatable bonds is 5. The first kappa shape index (κ1) is 15.8. The molecule has 1 aromatic heterocycles. The van der Waals surface area contributed by atoms with Crippen LogP contribution in [0, 0.1) is 6.92 Å². The molecule has 7 heteroatoms. The van der Waals surface area contributed by atoms with Gasteiger partial charge in [0.25, 0.3) is 0 Å². The second-order valence-electron chi connectivity index (χ2n) is 4.89. The van der Waals surface area contributed by atoms with E-state index in [1.165, 1.54) is 11.9 Å². The van der Waals surface area contributed by atoms with Crippen LogP contribution < -0.4 is 15.4 Å². The lowest BCUT2D eigenvalue weighted by molar-refractivity contribution is 0.408. The molecule has 22 heavy (non-hydrogen) atoms. The smallest absolute Gasteiger partial charge is 0.191 e. The highest BCUT2D eigenvalue weighted by molar-refractivity contribution is 5.79. The van der Waals surface area contributed by atoms with E-state index in [1.807, 2.05) is 20.0 Å². The summed E-state index contributed by atoms with van der Waals surface area (Å²) in [4.78, 5) is 8.37. The predicted octanol–water partition coefficient (Wildman–Crippen LogP) is 0.997. The Morgan fingerprint density at radius 2 is 2.09 bits per heavy atom. The third-order valence-electron chi connectivity index (χ3n) is 3.33. The van der Waals surface area contributed by atoms with Crippen molar-refractivity contribution >= 4 is 5.96 Å². The van der Waals surface area contributed by atoms with Gasteiger partial charge in [-0.3, -0.25) is 9.67 Å². The largest absolute Gasteiger partial charge is 0.496 e. The second-order valence-corrected chi connectivity index (χ2v) is 4.89. The monoisotopic (exact) mass is 302 g/mol. The number of aryl methyl sites for hydroxylation is 2. The summed E-state index contributed by atoms with van der Waals surface area (Å²) in [5, 5.41) is 10.5. The Morgan fingerprint density at radius 1 is 1.32 bits per heavy atom. The molecule has 0 saturated carbocycles. The van der Waals surface area contributed by atoms with Crippen molar-refractivity contribution in [2.45, 2.75) is 20.0 Å². The van der Waals surface area contributed by atoms with Gasteiger partial charge in [-0.05, 0) is 18.6 Å². The molecule has 7 nitrogen and oxygen atoms in total. The van der Waals surface area contributed by atoms with Crippen molar-refractivity contribution in [2.75, 3.05) is 14.2 Å². The Kier molecular flexibility index (Phi) is 5.35. The average Bonchev–Trinajstić information content (AvgIpc) is 2.93. The molecule has 0 spiro atoms. The van der Waals surface area contributed by atoms with Crippen molar-refractivity contribution in [1.29, 1.82) is 0 Å². The predicted molar refractivity (Wildman–Crippen MR) is 85.8 cm³/mol. The molecule has 1 heterocycles. The van der Waals surface area contributed by atoms with Gasteiger partial charge < -0.3 is 15.4 Å². The van der Waals surface area contributed by atoms with Crippen LogP contribution in [0.4, 0.5) is 0 Å². The molecule has 0 bridgehead atoms. The van der Waals surface area contributed by atoms with Gasteiger partial charge in [0, 0.05) is 26.2 Å². The Bertz CT molecular complexity index is 649. The van der Waals surface area contributed by atoms with Crippen molar-refractivity contribution in [1.82, 2.24) is 25.4 Å². The van der Waals surface area contributed by atoms with Crippen LogP contribution in [0.1, 0.15) is 17.0 Å². The van der Waals surface area contributed by atoms with Crippen LogP contribution in [0.3, 0.4) is 0 Å². The van der Waals surface area contributed by atoms with Gasteiger partial charge in [-0.1, -0.05) is 12.1 Å². The quantitative estimate of drug-likeness (QED) is 0.636. The van der Waals surface area contributed by atoms with Crippen molar-refractivity contribution in [3.8, 4) is 5.75 Å². The number of benzene rings is 1. The first-order valence-electron chi connectivity index (χ1n) is 7.05. The van der Waals surface area contributed by atoms with Crippen molar-refractivity contribution in [3.05, 3.63) is 41.5 Å². The van der Waals surface area contributed by atoms with E-state index in [4.69, 9.17) is 4.74 Å². The molecule has 0 aliphatic carbocycles. The first-order chi connectivity index (χ1) is 10.6. The number of guanidine groups is 1. The molecular formula is C15H22N6O. The third-order valence-corrected chi connectivity index (χ3v) is 3.33. The fourth-order valence-corrected chi connectivity index (χ4v) is 2.04. The zero-order valence-electron chi connectivity index (χ0n) is 13.4. The summed E-state index contributed by atoms with van der Waals surface area (Å²) in [6.45, 7) is 3.23. The molecule has 0 atom stereocenters. The summed E-state index contributed by atoms with van der Waals surface area (Å²) in [7, 11) is 5.27. The maximum Gasteiger partial charge on any atom is 0.191 e. The fourth-order valence-electron chi connectivity index (χ4n) is 2.04. The highest BCUT2D eigenvalue weighted by Crippen LogP contribution is 2.19. The lowest BCUT2D eigenvalue weighted by atomic mass is 10.1. The molecular weight excluding hydrogens is 280 g/mol. The number of ether oxygens (including phenoxy) is 1. The SMILES string of the molecule is CN=C(NCc1ccc(C)cc1OC)NCc1ncnn1C. The molecule has 1 aromatic carbocycles. The summed E-state index contributed by atoms with van der Waals surface area (Å²) >= 11 is 0. The van der Waals surface area contributed by atoms with Crippen LogP contribution in [0.25, 0.3) is 0 Å². The molecule has 0 aliphatic rings. The number of nitrogens with zero attached hydrogens (tertiary/aromatic N) is 4. The normalized spacial score (nSPS) is 11.4. The van der Waals surface area contributed by atoms with E-state index in [-0.39, 0.29) is 0 Å². The van der Waals surface area contributed by atoms with Gasteiger partial charge in [0.05, 0.1) is 13.7 Å². The van der Waals surface area contributed by atoms with Crippen LogP contribution in [-0.2, 0) is 20.1 Å². The number of hydrogen-bond donors (Lipinski definition) is 2. The van der Waals surface area contributed by atoms with E-state index in [0.29, 0.717) is 19.0 Å². The molecule has 0 amide bonds. The summed E-state index contributed by atoms with van der Waals surface area (Å²) < 4.78 is 7.13. The standard InChI is InChI=1S/C15H22N6O/c1-11-5-6-12(13(7-11)22-4)8-17-15(16-2)18-9-14-19-10-20-21(14)3/h5-7,10H,8-9H2,1-4H3,(H2,16,17,18). The number of hydrogen-bond acceptors (Lipinski definition) is 4. The van der Waals surface area contributed by atoms with Gasteiger partial charge in [0.15, 0.2) is 5.96 Å². The van der Waals surface area contributed by atoms with E-state index in [2.05, 4.69) is 37.8 Å². The number of nitrogens with one attached hydrogen (secondary N) is 2. The minimum atomic E-state index is 0.557. The number of aliphatic imine (C=N–C) groups is 1. The van der Waals surface area contributed by atoms with Gasteiger partial charge in [-0.2, -0.15) is 5.10 Å². The van der Waals surface area contributed by atoms with Gasteiger partial charge >= 0.3 is 0 Å². The molecule has 2 aromatic rings. The Hall–Kier alpha value is -2.57. The zero-order chi connectivity index (χ0) is 15.9. The van der Waals surface area contributed by atoms with E-state index < -0.39 is 0 Å². The minimum Gasteiger partial charge on any atom is -0.496 e. The van der Waals surface area contributed by atoms with Crippen LogP contribution in [0.15, 0.2) is 29.5 Å². The summed E-state index contributed by atoms with van der Waals surface area (Å²) in [5.74, 6) is 2.41. The molecule has 2 N–H and O–H groups in total. The van der Waals surface area contributed by atoms with Crippen molar-refractivity contribution < 1.29 is 4.74 Å². The lowest BCUT2D eigenvalue weighted by Crippen LogP contribution is -2.37. The summed E-state index contributed by atoms with van der Waals surface area (Å²) in [6, 6.07) is 6.14. The van der Waals surface area contributed by atoms with Crippen LogP contribution >= 0.6 is 0 Å². The third kappa shape index (κ3) is 3.97. The van der Waals surface area contributed by atoms with Crippen LogP contribution in [0.5, 0.6) is 5.75 Å². The molecule has 0 saturated heterocycles. The molecule has 2 rings (SSSR count). The molecule has 0 aliphatic heterocycles. The van der Waals surface area contributed by atoms with E-state index in [9.17, 15) is 0 Å². The highest BCUT2D eigenvalue weighted by Gasteiger charge is 2.06. The summed E-state index contributed by atoms with van der Waals surface area (Å²) in [5.41, 5.74) is 2.25. The second kappa shape index (κ2) is 7.44. The number of methoxy groups -OCH3 is 1. The van der Waals surface area contributed by atoms with E-state index >= 15 is 0 Å². The zero-order valence-corrected chi connectivity index (χ0v) is 13.4. The molecule has 0 unspecified atom stereocenters. The van der Waals surface area contributed by atoms with Crippen molar-refractivity contribution in [2.24, 2.45) is 12.0 Å². The highest BCUT2D eigenvalue weighted by atomic mass is 16.5. The average molecular weight is 302 g/mol. The molecule has 0 radical (unpaired) electrons. The van der Waals surface area contributed by atoms with Crippen LogP contribution in [-0.4, -0.2) is 34.9 Å². The molecule has 118 valence electrons. The first-order valence-corrected chi connectivity index (χ1v) is 7.05. The van der Waals surface area contributed by atoms with Gasteiger partial charge in [0.2, 0.25) is 0 Å². The maximum atomic E-state index is 5.40. The maximum absolute atomic E-state index is 5.40. The Labute approximate surface area is 130 Å². The Morgan fingerprint density at radius 3 is 2.73 bits per heavy atom. The minimum absolute atomic E-state index is 0.557. The van der Waals surface area contributed by atoms with Crippen LogP contribution in [0.2, 0.25) is 0 Å². The van der Waals surface area contributed by atoms with Gasteiger partial charge in [-0.25, -0.2) is 4.98 Å². The Balaban J connectivity index is 1.93. The van der Waals surface area contributed by atoms with E-state index in [0.717, 1.165) is 17.1 Å². The topological polar surface area (TPSA) is 76.4 Å². The summed E-state index contributed by atoms with van der Waals surface area (Å²) in [6.07, 6.45) is 1.53.